The molecule has 9 heteroatoms. The Morgan fingerprint density at radius 2 is 1.50 bits per heavy atom. The molecule has 2 heterocycles. The maximum absolute atomic E-state index is 13.5. The predicted octanol–water partition coefficient (Wildman–Crippen LogP) is 4.18. The van der Waals surface area contributed by atoms with Crippen molar-refractivity contribution in [1.29, 1.82) is 0 Å². The van der Waals surface area contributed by atoms with Crippen LogP contribution in [0.15, 0.2) is 59.4 Å². The largest absolute Gasteiger partial charge is 0.444 e. The number of hydrogen-bond donors (Lipinski definition) is 1. The second kappa shape index (κ2) is 9.38. The van der Waals surface area contributed by atoms with Crippen LogP contribution in [0.4, 0.5) is 4.79 Å². The molecule has 1 aromatic heterocycles. The van der Waals surface area contributed by atoms with Crippen molar-refractivity contribution >= 4 is 23.6 Å². The van der Waals surface area contributed by atoms with Gasteiger partial charge in [0.25, 0.3) is 5.91 Å². The van der Waals surface area contributed by atoms with Crippen molar-refractivity contribution in [2.24, 2.45) is 0 Å². The normalized spacial score (nSPS) is 14.2. The third kappa shape index (κ3) is 5.02. The number of ether oxygens (including phenoxy) is 1. The van der Waals surface area contributed by atoms with Crippen LogP contribution >= 0.6 is 11.6 Å². The number of nitrogens with zero attached hydrogens (tertiary/aromatic N) is 3. The van der Waals surface area contributed by atoms with Crippen molar-refractivity contribution in [3.63, 3.8) is 0 Å². The quantitative estimate of drug-likeness (QED) is 0.606. The first-order valence-electron chi connectivity index (χ1n) is 11.1. The number of aromatic nitrogens is 2. The van der Waals surface area contributed by atoms with E-state index >= 15 is 0 Å². The fraction of sp³-hybridized carbons (Fsp3) is 0.320. The average Bonchev–Trinajstić information content (AvgIpc) is 3.15. The highest BCUT2D eigenvalue weighted by Crippen LogP contribution is 2.27. The number of rotatable bonds is 3. The summed E-state index contributed by atoms with van der Waals surface area (Å²) in [5.41, 5.74) is 0.989. The van der Waals surface area contributed by atoms with E-state index < -0.39 is 17.4 Å². The molecule has 0 unspecified atom stereocenters. The highest BCUT2D eigenvalue weighted by molar-refractivity contribution is 6.30. The van der Waals surface area contributed by atoms with Crippen molar-refractivity contribution in [1.82, 2.24) is 19.4 Å². The summed E-state index contributed by atoms with van der Waals surface area (Å²) in [7, 11) is 0. The molecule has 34 heavy (non-hydrogen) atoms. The second-order valence-electron chi connectivity index (χ2n) is 9.09. The van der Waals surface area contributed by atoms with E-state index in [4.69, 9.17) is 16.3 Å². The van der Waals surface area contributed by atoms with Crippen LogP contribution in [0.25, 0.3) is 16.9 Å². The molecule has 4 rings (SSSR count). The number of halogens is 1. The van der Waals surface area contributed by atoms with Crippen molar-refractivity contribution in [3.05, 3.63) is 75.8 Å². The van der Waals surface area contributed by atoms with Crippen LogP contribution in [0.1, 0.15) is 31.3 Å². The lowest BCUT2D eigenvalue weighted by atomic mass is 10.1. The molecule has 0 spiro atoms. The Labute approximate surface area is 202 Å². The molecule has 2 aromatic carbocycles. The Morgan fingerprint density at radius 3 is 2.09 bits per heavy atom. The number of benzene rings is 2. The number of nitrogens with one attached hydrogen (secondary N) is 1. The van der Waals surface area contributed by atoms with Crippen LogP contribution in [-0.2, 0) is 4.74 Å². The van der Waals surface area contributed by atoms with E-state index in [-0.39, 0.29) is 11.6 Å². The predicted molar refractivity (Wildman–Crippen MR) is 131 cm³/mol. The number of carbonyl (C=O) groups is 2. The van der Waals surface area contributed by atoms with Gasteiger partial charge in [-0.15, -0.1) is 0 Å². The van der Waals surface area contributed by atoms with E-state index in [1.165, 1.54) is 4.57 Å². The Kier molecular flexibility index (Phi) is 6.52. The lowest BCUT2D eigenvalue weighted by Crippen LogP contribution is -2.51. The summed E-state index contributed by atoms with van der Waals surface area (Å²) in [4.78, 5) is 44.9. The number of amides is 2. The zero-order chi connectivity index (χ0) is 24.5. The Hall–Kier alpha value is -3.52. The standard InChI is InChI=1S/C25H27ClN4O4/c1-25(2,3)34-24(33)29-15-13-28(14-16-29)22(31)20-21(17-9-11-18(26)12-10-17)30(23(32)27-20)19-7-5-4-6-8-19/h4-12H,13-16H2,1-3H3,(H,27,32). The Balaban J connectivity index is 1.65. The molecule has 1 saturated heterocycles. The zero-order valence-corrected chi connectivity index (χ0v) is 20.1. The number of H-pyrrole nitrogens is 1. The molecule has 1 fully saturated rings. The minimum Gasteiger partial charge on any atom is -0.444 e. The lowest BCUT2D eigenvalue weighted by molar-refractivity contribution is 0.0140. The first kappa shape index (κ1) is 23.6. The van der Waals surface area contributed by atoms with E-state index in [0.29, 0.717) is 48.1 Å². The van der Waals surface area contributed by atoms with Gasteiger partial charge in [0.1, 0.15) is 11.3 Å². The van der Waals surface area contributed by atoms with Crippen molar-refractivity contribution < 1.29 is 14.3 Å². The van der Waals surface area contributed by atoms with Gasteiger partial charge < -0.3 is 19.5 Å². The molecule has 178 valence electrons. The maximum atomic E-state index is 13.5. The molecule has 2 amide bonds. The summed E-state index contributed by atoms with van der Waals surface area (Å²) in [6.45, 7) is 6.80. The summed E-state index contributed by atoms with van der Waals surface area (Å²) in [6.07, 6.45) is -0.398. The number of hydrogen-bond acceptors (Lipinski definition) is 4. The number of para-hydroxylation sites is 1. The fourth-order valence-corrected chi connectivity index (χ4v) is 4.00. The van der Waals surface area contributed by atoms with Crippen LogP contribution in [-0.4, -0.2) is 63.1 Å². The van der Waals surface area contributed by atoms with Crippen molar-refractivity contribution in [2.45, 2.75) is 26.4 Å². The summed E-state index contributed by atoms with van der Waals surface area (Å²) in [5.74, 6) is -0.305. The van der Waals surface area contributed by atoms with Gasteiger partial charge in [0, 0.05) is 36.8 Å². The second-order valence-corrected chi connectivity index (χ2v) is 9.53. The minimum atomic E-state index is -0.586. The summed E-state index contributed by atoms with van der Waals surface area (Å²) in [5, 5.41) is 0.555. The zero-order valence-electron chi connectivity index (χ0n) is 19.4. The topological polar surface area (TPSA) is 87.6 Å². The average molecular weight is 483 g/mol. The van der Waals surface area contributed by atoms with Gasteiger partial charge in [-0.2, -0.15) is 0 Å². The van der Waals surface area contributed by atoms with Gasteiger partial charge in [-0.1, -0.05) is 41.9 Å². The third-order valence-corrected chi connectivity index (χ3v) is 5.71. The van der Waals surface area contributed by atoms with E-state index in [1.54, 1.807) is 34.1 Å². The smallest absolute Gasteiger partial charge is 0.410 e. The molecule has 0 aliphatic carbocycles. The van der Waals surface area contributed by atoms with Crippen LogP contribution < -0.4 is 5.69 Å². The molecule has 1 aliphatic heterocycles. The number of piperazine rings is 1. The lowest BCUT2D eigenvalue weighted by Gasteiger charge is -2.35. The molecule has 0 bridgehead atoms. The van der Waals surface area contributed by atoms with E-state index in [1.807, 2.05) is 51.1 Å². The first-order chi connectivity index (χ1) is 16.1. The van der Waals surface area contributed by atoms with Crippen molar-refractivity contribution in [2.75, 3.05) is 26.2 Å². The molecule has 1 aliphatic rings. The minimum absolute atomic E-state index is 0.196. The summed E-state index contributed by atoms with van der Waals surface area (Å²) >= 11 is 6.07. The number of carbonyl (C=O) groups excluding carboxylic acids is 2. The molecular weight excluding hydrogens is 456 g/mol. The number of imidazole rings is 1. The van der Waals surface area contributed by atoms with Crippen LogP contribution in [0.2, 0.25) is 5.02 Å². The molecule has 0 atom stereocenters. The molecule has 3 aromatic rings. The molecular formula is C25H27ClN4O4. The van der Waals surface area contributed by atoms with Gasteiger partial charge in [0.15, 0.2) is 0 Å². The monoisotopic (exact) mass is 482 g/mol. The Bertz CT molecular complexity index is 1230. The van der Waals surface area contributed by atoms with Crippen LogP contribution in [0, 0.1) is 0 Å². The van der Waals surface area contributed by atoms with Crippen LogP contribution in [0.3, 0.4) is 0 Å². The first-order valence-corrected chi connectivity index (χ1v) is 11.5. The third-order valence-electron chi connectivity index (χ3n) is 5.46. The van der Waals surface area contributed by atoms with E-state index in [0.717, 1.165) is 0 Å². The van der Waals surface area contributed by atoms with Crippen LogP contribution in [0.5, 0.6) is 0 Å². The fourth-order valence-electron chi connectivity index (χ4n) is 3.87. The highest BCUT2D eigenvalue weighted by Gasteiger charge is 2.31. The van der Waals surface area contributed by atoms with Gasteiger partial charge in [-0.3, -0.25) is 9.36 Å². The maximum Gasteiger partial charge on any atom is 0.410 e. The van der Waals surface area contributed by atoms with Crippen molar-refractivity contribution in [3.8, 4) is 16.9 Å². The molecule has 1 N–H and O–H groups in total. The van der Waals surface area contributed by atoms with E-state index in [9.17, 15) is 14.4 Å². The molecule has 0 radical (unpaired) electrons. The van der Waals surface area contributed by atoms with Gasteiger partial charge in [-0.25, -0.2) is 9.59 Å². The SMILES string of the molecule is CC(C)(C)OC(=O)N1CCN(C(=O)c2[nH]c(=O)n(-c3ccccc3)c2-c2ccc(Cl)cc2)CC1. The van der Waals surface area contributed by atoms with E-state index in [2.05, 4.69) is 4.98 Å². The summed E-state index contributed by atoms with van der Waals surface area (Å²) in [6, 6.07) is 16.1. The van der Waals surface area contributed by atoms with Gasteiger partial charge in [0.2, 0.25) is 0 Å². The van der Waals surface area contributed by atoms with Gasteiger partial charge >= 0.3 is 11.8 Å². The molecule has 8 nitrogen and oxygen atoms in total. The van der Waals surface area contributed by atoms with Gasteiger partial charge in [0.05, 0.1) is 11.4 Å². The molecule has 0 saturated carbocycles. The number of aromatic amines is 1. The van der Waals surface area contributed by atoms with Gasteiger partial charge in [-0.05, 0) is 45.0 Å². The Morgan fingerprint density at radius 1 is 0.912 bits per heavy atom. The summed E-state index contributed by atoms with van der Waals surface area (Å²) < 4.78 is 6.93. The highest BCUT2D eigenvalue weighted by atomic mass is 35.5.